The van der Waals surface area contributed by atoms with Gasteiger partial charge in [-0.1, -0.05) is 6.92 Å². The zero-order chi connectivity index (χ0) is 24.9. The first kappa shape index (κ1) is 27.7. The summed E-state index contributed by atoms with van der Waals surface area (Å²) in [6.45, 7) is 6.74. The summed E-state index contributed by atoms with van der Waals surface area (Å²) in [6, 6.07) is -0.686. The monoisotopic (exact) mass is 531 g/mol. The Bertz CT molecular complexity index is 937. The third-order valence-corrected chi connectivity index (χ3v) is 9.17. The van der Waals surface area contributed by atoms with Crippen LogP contribution in [0, 0.1) is 11.8 Å². The standard InChI is InChI=1S/C22H33N5O6S.ClH/c1-11-17-16(12(2)28)21(31)26(17)18(22(32)33)19(11)34-13-8-14(24-9-13)20(30)25-4-6-27(3,7-5-25)10-15(23)29;/h11-14,16-17,24,28H,4-10H2,1-3H3,(H2-,23,29,32,33);1H/t11-,12-,13+,14+,16-,17-;/m1./s1. The molecule has 0 aromatic rings. The van der Waals surface area contributed by atoms with Crippen LogP contribution in [-0.2, 0) is 19.2 Å². The number of quaternary nitrogens is 1. The van der Waals surface area contributed by atoms with Crippen LogP contribution in [0.4, 0.5) is 0 Å². The van der Waals surface area contributed by atoms with Crippen molar-refractivity contribution in [1.29, 1.82) is 0 Å². The van der Waals surface area contributed by atoms with Crippen molar-refractivity contribution < 1.29 is 46.3 Å². The quantitative estimate of drug-likeness (QED) is 0.189. The Labute approximate surface area is 215 Å². The molecule has 0 radical (unpaired) electrons. The maximum absolute atomic E-state index is 13.1. The van der Waals surface area contributed by atoms with Gasteiger partial charge in [0.25, 0.3) is 5.91 Å². The number of nitrogens with one attached hydrogen (secondary N) is 1. The van der Waals surface area contributed by atoms with Gasteiger partial charge in [-0.05, 0) is 13.3 Å². The third kappa shape index (κ3) is 5.04. The summed E-state index contributed by atoms with van der Waals surface area (Å²) in [4.78, 5) is 52.7. The second kappa shape index (κ2) is 10.3. The molecule has 11 nitrogen and oxygen atoms in total. The first-order chi connectivity index (χ1) is 15.9. The number of amides is 3. The molecule has 196 valence electrons. The van der Waals surface area contributed by atoms with Crippen molar-refractivity contribution in [1.82, 2.24) is 15.1 Å². The topological polar surface area (TPSA) is 153 Å². The molecule has 0 spiro atoms. The normalized spacial score (nSPS) is 32.6. The van der Waals surface area contributed by atoms with Gasteiger partial charge in [-0.25, -0.2) is 4.79 Å². The van der Waals surface area contributed by atoms with Crippen LogP contribution >= 0.6 is 11.8 Å². The lowest BCUT2D eigenvalue weighted by molar-refractivity contribution is -0.905. The fourth-order valence-corrected chi connectivity index (χ4v) is 7.24. The summed E-state index contributed by atoms with van der Waals surface area (Å²) in [5.41, 5.74) is 5.37. The van der Waals surface area contributed by atoms with Crippen LogP contribution in [0.3, 0.4) is 0 Å². The van der Waals surface area contributed by atoms with E-state index in [2.05, 4.69) is 5.32 Å². The van der Waals surface area contributed by atoms with Crippen LogP contribution in [0.25, 0.3) is 0 Å². The number of primary amides is 1. The van der Waals surface area contributed by atoms with Gasteiger partial charge in [-0.2, -0.15) is 0 Å². The summed E-state index contributed by atoms with van der Waals surface area (Å²) in [5, 5.41) is 23.1. The SMILES string of the molecule is C[C@@H](O)[C@H]1C(=O)N2C(C(=O)O)=C(S[C@@H]3CN[C@H](C(=O)N4CC[N+](C)(CC(N)=O)CC4)C3)[C@H](C)[C@H]12.[Cl-]. The number of carbonyl (C=O) groups excluding carboxylic acids is 3. The minimum atomic E-state index is -1.14. The van der Waals surface area contributed by atoms with Crippen molar-refractivity contribution in [3.05, 3.63) is 10.6 Å². The number of β-lactam (4-membered cyclic amide) rings is 1. The van der Waals surface area contributed by atoms with Gasteiger partial charge in [0.2, 0.25) is 11.8 Å². The minimum Gasteiger partial charge on any atom is -1.00 e. The van der Waals surface area contributed by atoms with E-state index in [1.54, 1.807) is 6.92 Å². The Morgan fingerprint density at radius 2 is 1.91 bits per heavy atom. The van der Waals surface area contributed by atoms with E-state index in [1.807, 2.05) is 18.9 Å². The Kier molecular flexibility index (Phi) is 8.12. The fourth-order valence-electron chi connectivity index (χ4n) is 5.76. The molecular formula is C22H34ClN5O6S. The van der Waals surface area contributed by atoms with Crippen LogP contribution in [-0.4, -0.2) is 118 Å². The van der Waals surface area contributed by atoms with Gasteiger partial charge >= 0.3 is 5.97 Å². The predicted molar refractivity (Wildman–Crippen MR) is 124 cm³/mol. The van der Waals surface area contributed by atoms with Crippen LogP contribution in [0.2, 0.25) is 0 Å². The van der Waals surface area contributed by atoms with Gasteiger partial charge in [0.1, 0.15) is 5.70 Å². The zero-order valence-corrected chi connectivity index (χ0v) is 21.7. The van der Waals surface area contributed by atoms with Crippen molar-refractivity contribution in [3.8, 4) is 0 Å². The van der Waals surface area contributed by atoms with E-state index in [9.17, 15) is 29.4 Å². The Hall–Kier alpha value is -1.86. The number of hydrogen-bond donors (Lipinski definition) is 4. The molecule has 0 aliphatic carbocycles. The average Bonchev–Trinajstić information content (AvgIpc) is 3.29. The van der Waals surface area contributed by atoms with Gasteiger partial charge < -0.3 is 48.0 Å². The number of carbonyl (C=O) groups is 4. The van der Waals surface area contributed by atoms with Crippen molar-refractivity contribution in [2.24, 2.45) is 17.6 Å². The number of aliphatic carboxylic acids is 1. The number of piperazine rings is 1. The molecule has 5 N–H and O–H groups in total. The highest BCUT2D eigenvalue weighted by Crippen LogP contribution is 2.51. The molecule has 6 atom stereocenters. The van der Waals surface area contributed by atoms with E-state index in [0.717, 1.165) is 0 Å². The van der Waals surface area contributed by atoms with Crippen LogP contribution in [0.15, 0.2) is 10.6 Å². The number of halogens is 1. The maximum Gasteiger partial charge on any atom is 0.353 e. The summed E-state index contributed by atoms with van der Waals surface area (Å²) in [7, 11) is 1.97. The van der Waals surface area contributed by atoms with E-state index >= 15 is 0 Å². The number of thioether (sulfide) groups is 1. The van der Waals surface area contributed by atoms with Gasteiger partial charge in [0.05, 0.1) is 57.3 Å². The van der Waals surface area contributed by atoms with Crippen molar-refractivity contribution >= 4 is 35.5 Å². The van der Waals surface area contributed by atoms with Crippen molar-refractivity contribution in [2.75, 3.05) is 46.3 Å². The van der Waals surface area contributed by atoms with Crippen LogP contribution in [0.5, 0.6) is 0 Å². The van der Waals surface area contributed by atoms with E-state index in [-0.39, 0.29) is 65.6 Å². The number of fused-ring (bicyclic) bond motifs is 1. The summed E-state index contributed by atoms with van der Waals surface area (Å²) in [5.74, 6) is -2.58. The van der Waals surface area contributed by atoms with Gasteiger partial charge in [-0.15, -0.1) is 11.8 Å². The molecule has 4 aliphatic rings. The first-order valence-electron chi connectivity index (χ1n) is 11.7. The number of aliphatic hydroxyl groups is 1. The predicted octanol–water partition coefficient (Wildman–Crippen LogP) is -4.62. The molecule has 0 aromatic carbocycles. The lowest BCUT2D eigenvalue weighted by atomic mass is 9.79. The number of aliphatic hydroxyl groups excluding tert-OH is 1. The molecule has 0 unspecified atom stereocenters. The molecule has 4 heterocycles. The van der Waals surface area contributed by atoms with E-state index in [0.29, 0.717) is 48.5 Å². The molecule has 35 heavy (non-hydrogen) atoms. The summed E-state index contributed by atoms with van der Waals surface area (Å²) in [6.07, 6.45) is -0.270. The number of hydrogen-bond acceptors (Lipinski definition) is 7. The molecule has 4 aliphatic heterocycles. The number of likely N-dealkylation sites (N-methyl/N-ethyl adjacent to an activating group) is 1. The highest BCUT2D eigenvalue weighted by atomic mass is 35.5. The van der Waals surface area contributed by atoms with E-state index in [1.165, 1.54) is 16.7 Å². The molecule has 3 amide bonds. The number of carboxylic acid groups (broad SMARTS) is 1. The van der Waals surface area contributed by atoms with Crippen LogP contribution in [0.1, 0.15) is 20.3 Å². The zero-order valence-electron chi connectivity index (χ0n) is 20.1. The molecule has 3 saturated heterocycles. The molecule has 13 heteroatoms. The molecule has 3 fully saturated rings. The highest BCUT2D eigenvalue weighted by molar-refractivity contribution is 8.03. The second-order valence-electron chi connectivity index (χ2n) is 10.2. The van der Waals surface area contributed by atoms with Crippen molar-refractivity contribution in [3.63, 3.8) is 0 Å². The van der Waals surface area contributed by atoms with Gasteiger partial charge in [0, 0.05) is 22.6 Å². The third-order valence-electron chi connectivity index (χ3n) is 7.66. The minimum absolute atomic E-state index is 0. The number of nitrogens with zero attached hydrogens (tertiary/aromatic N) is 3. The van der Waals surface area contributed by atoms with Gasteiger partial charge in [-0.3, -0.25) is 14.4 Å². The second-order valence-corrected chi connectivity index (χ2v) is 11.6. The first-order valence-corrected chi connectivity index (χ1v) is 12.6. The fraction of sp³-hybridized carbons (Fsp3) is 0.727. The Morgan fingerprint density at radius 1 is 1.29 bits per heavy atom. The lowest BCUT2D eigenvalue weighted by Gasteiger charge is -2.46. The van der Waals surface area contributed by atoms with E-state index in [4.69, 9.17) is 5.73 Å². The molecule has 0 bridgehead atoms. The molecule has 4 rings (SSSR count). The maximum atomic E-state index is 13.1. The number of nitrogens with two attached hydrogens (primary N) is 1. The highest BCUT2D eigenvalue weighted by Gasteiger charge is 2.60. The Balaban J connectivity index is 0.00000342. The smallest absolute Gasteiger partial charge is 0.353 e. The lowest BCUT2D eigenvalue weighted by Crippen LogP contribution is -3.00. The van der Waals surface area contributed by atoms with E-state index < -0.39 is 18.0 Å². The number of rotatable bonds is 7. The molecule has 0 aromatic heterocycles. The molecule has 0 saturated carbocycles. The summed E-state index contributed by atoms with van der Waals surface area (Å²) < 4.78 is 0.531. The Morgan fingerprint density at radius 3 is 2.46 bits per heavy atom. The largest absolute Gasteiger partial charge is 1.00 e. The molecular weight excluding hydrogens is 498 g/mol. The van der Waals surface area contributed by atoms with Crippen LogP contribution < -0.4 is 23.5 Å². The average molecular weight is 532 g/mol. The summed E-state index contributed by atoms with van der Waals surface area (Å²) >= 11 is 1.43. The van der Waals surface area contributed by atoms with Gasteiger partial charge in [0.15, 0.2) is 6.54 Å². The number of carboxylic acids is 1. The van der Waals surface area contributed by atoms with Crippen molar-refractivity contribution in [2.45, 2.75) is 43.7 Å².